The van der Waals surface area contributed by atoms with E-state index in [1.165, 1.54) is 11.1 Å². The van der Waals surface area contributed by atoms with Crippen LogP contribution in [0, 0.1) is 10.8 Å². The van der Waals surface area contributed by atoms with Crippen LogP contribution in [0.5, 0.6) is 0 Å². The molecule has 0 aromatic heterocycles. The van der Waals surface area contributed by atoms with Crippen LogP contribution in [0.25, 0.3) is 0 Å². The Balaban J connectivity index is 0.000000148. The monoisotopic (exact) mass is 1030 g/mol. The Morgan fingerprint density at radius 3 is 1.04 bits per heavy atom. The molecule has 8 aromatic rings. The molecule has 8 atom stereocenters. The van der Waals surface area contributed by atoms with E-state index < -0.39 is 21.9 Å². The molecule has 6 aliphatic rings. The fourth-order valence-electron chi connectivity index (χ4n) is 14.9. The highest BCUT2D eigenvalue weighted by molar-refractivity contribution is 6.12. The van der Waals surface area contributed by atoms with Crippen LogP contribution in [-0.4, -0.2) is 59.4 Å². The summed E-state index contributed by atoms with van der Waals surface area (Å²) in [4.78, 5) is 62.7. The lowest BCUT2D eigenvalue weighted by atomic mass is 9.56. The zero-order valence-corrected chi connectivity index (χ0v) is 43.4. The van der Waals surface area contributed by atoms with Crippen molar-refractivity contribution in [2.75, 3.05) is 36.8 Å². The van der Waals surface area contributed by atoms with Crippen molar-refractivity contribution in [3.8, 4) is 0 Å². The first-order chi connectivity index (χ1) is 38.3. The summed E-state index contributed by atoms with van der Waals surface area (Å²) in [6.07, 6.45) is 0.799. The van der Waals surface area contributed by atoms with Gasteiger partial charge in [0.05, 0.1) is 10.8 Å². The number of carbonyl (C=O) groups is 4. The molecule has 0 radical (unpaired) electrons. The second-order valence-corrected chi connectivity index (χ2v) is 22.0. The summed E-state index contributed by atoms with van der Waals surface area (Å²) >= 11 is 0. The van der Waals surface area contributed by atoms with Crippen LogP contribution in [0.3, 0.4) is 0 Å². The number of carbonyl (C=O) groups excluding carboxylic acids is 4. The summed E-state index contributed by atoms with van der Waals surface area (Å²) in [6.45, 7) is 3.77. The molecule has 0 bridgehead atoms. The Bertz CT molecular complexity index is 3280. The second kappa shape index (κ2) is 20.0. The Morgan fingerprint density at radius 1 is 0.372 bits per heavy atom. The quantitative estimate of drug-likeness (QED) is 0.119. The van der Waals surface area contributed by atoms with Crippen molar-refractivity contribution < 1.29 is 19.2 Å². The molecule has 6 aliphatic heterocycles. The molecule has 0 aliphatic carbocycles. The number of benzene rings is 8. The van der Waals surface area contributed by atoms with Gasteiger partial charge in [-0.3, -0.25) is 39.6 Å². The summed E-state index contributed by atoms with van der Waals surface area (Å²) in [5.74, 6) is -0.471. The highest BCUT2D eigenvalue weighted by Crippen LogP contribution is 2.67. The van der Waals surface area contributed by atoms with Gasteiger partial charge in [-0.1, -0.05) is 218 Å². The zero-order valence-electron chi connectivity index (χ0n) is 43.4. The van der Waals surface area contributed by atoms with E-state index in [9.17, 15) is 19.2 Å². The molecule has 4 fully saturated rings. The molecular formula is C68H62N6O4. The molecule has 8 aromatic carbocycles. The predicted molar refractivity (Wildman–Crippen MR) is 304 cm³/mol. The minimum absolute atomic E-state index is 0.141. The van der Waals surface area contributed by atoms with Gasteiger partial charge in [-0.2, -0.15) is 0 Å². The fraction of sp³-hybridized carbons (Fsp3) is 0.235. The number of hydrogen-bond acceptors (Lipinski definition) is 8. The molecule has 78 heavy (non-hydrogen) atoms. The number of nitrogens with one attached hydrogen (secondary N) is 4. The third-order valence-electron chi connectivity index (χ3n) is 18.0. The van der Waals surface area contributed by atoms with Crippen molar-refractivity contribution in [3.05, 3.63) is 275 Å². The predicted octanol–water partition coefficient (Wildman–Crippen LogP) is 10.8. The van der Waals surface area contributed by atoms with E-state index in [-0.39, 0.29) is 47.3 Å². The molecule has 0 unspecified atom stereocenters. The number of piperidine rings is 2. The first-order valence-electron chi connectivity index (χ1n) is 27.4. The second-order valence-electron chi connectivity index (χ2n) is 22.0. The molecule has 14 rings (SSSR count). The number of likely N-dealkylation sites (tertiary alicyclic amines) is 2. The number of ketones is 2. The molecule has 2 amide bonds. The molecule has 4 N–H and O–H groups in total. The van der Waals surface area contributed by atoms with Gasteiger partial charge in [0.1, 0.15) is 22.6 Å². The van der Waals surface area contributed by atoms with Crippen molar-refractivity contribution in [3.63, 3.8) is 0 Å². The number of hydrogen-bond donors (Lipinski definition) is 4. The van der Waals surface area contributed by atoms with Crippen LogP contribution >= 0.6 is 0 Å². The number of anilines is 2. The Labute approximate surface area is 455 Å². The Kier molecular flexibility index (Phi) is 12.7. The minimum Gasteiger partial charge on any atom is -0.324 e. The molecule has 388 valence electrons. The fourth-order valence-corrected chi connectivity index (χ4v) is 14.9. The van der Waals surface area contributed by atoms with Crippen LogP contribution in [0.1, 0.15) is 81.3 Å². The van der Waals surface area contributed by atoms with Crippen molar-refractivity contribution >= 4 is 34.8 Å². The molecule has 10 nitrogen and oxygen atoms in total. The van der Waals surface area contributed by atoms with Gasteiger partial charge >= 0.3 is 0 Å². The van der Waals surface area contributed by atoms with Gasteiger partial charge in [0, 0.05) is 98.5 Å². The van der Waals surface area contributed by atoms with E-state index in [1.807, 2.05) is 133 Å². The first-order valence-corrected chi connectivity index (χ1v) is 27.4. The van der Waals surface area contributed by atoms with Crippen LogP contribution in [0.15, 0.2) is 231 Å². The van der Waals surface area contributed by atoms with E-state index >= 15 is 0 Å². The van der Waals surface area contributed by atoms with E-state index in [0.29, 0.717) is 39.0 Å². The van der Waals surface area contributed by atoms with Crippen LogP contribution < -0.4 is 21.3 Å². The topological polar surface area (TPSA) is 123 Å². The van der Waals surface area contributed by atoms with Gasteiger partial charge in [0.15, 0.2) is 0 Å². The van der Waals surface area contributed by atoms with E-state index in [2.05, 4.69) is 128 Å². The Morgan fingerprint density at radius 2 is 0.679 bits per heavy atom. The number of amides is 2. The van der Waals surface area contributed by atoms with E-state index in [1.54, 1.807) is 0 Å². The highest BCUT2D eigenvalue weighted by Gasteiger charge is 2.76. The molecule has 10 heteroatoms. The van der Waals surface area contributed by atoms with E-state index in [0.717, 1.165) is 57.8 Å². The highest BCUT2D eigenvalue weighted by atomic mass is 16.2. The molecule has 0 saturated carbocycles. The maximum absolute atomic E-state index is 14.6. The van der Waals surface area contributed by atoms with Gasteiger partial charge in [-0.25, -0.2) is 0 Å². The van der Waals surface area contributed by atoms with Crippen molar-refractivity contribution in [2.24, 2.45) is 10.8 Å². The standard InChI is InChI=1S/2C34H31N3O2/c2*38-29-20-21-37(22-24-12-4-1-5-13-24)23-33(29)30(25-14-6-2-7-15-25)31(26-16-8-3-9-17-26)36-34(33)27-18-10-11-19-28(27)35-32(34)39/h2*1-19,30-31,36H,20-23H2,(H,35,39)/t2*30-,31-,33+,34-/m10/s1. The van der Waals surface area contributed by atoms with Crippen molar-refractivity contribution in [2.45, 2.75) is 60.9 Å². The lowest BCUT2D eigenvalue weighted by molar-refractivity contribution is -0.146. The van der Waals surface area contributed by atoms with Gasteiger partial charge in [-0.15, -0.1) is 0 Å². The zero-order chi connectivity index (χ0) is 52.9. The Hall–Kier alpha value is -8.12. The summed E-state index contributed by atoms with van der Waals surface area (Å²) in [7, 11) is 0. The minimum atomic E-state index is -1.20. The van der Waals surface area contributed by atoms with Gasteiger partial charge in [0.2, 0.25) is 0 Å². The summed E-state index contributed by atoms with van der Waals surface area (Å²) in [5.41, 5.74) is 5.57. The van der Waals surface area contributed by atoms with Gasteiger partial charge in [0.25, 0.3) is 11.8 Å². The number of nitrogens with zero attached hydrogens (tertiary/aromatic N) is 2. The number of fused-ring (bicyclic) bond motifs is 6. The summed E-state index contributed by atoms with van der Waals surface area (Å²) in [5, 5.41) is 14.0. The largest absolute Gasteiger partial charge is 0.324 e. The summed E-state index contributed by atoms with van der Waals surface area (Å²) in [6, 6.07) is 77.2. The molecular weight excluding hydrogens is 965 g/mol. The average Bonchev–Trinajstić information content (AvgIpc) is 3.04. The third kappa shape index (κ3) is 7.75. The normalized spacial score (nSPS) is 28.1. The SMILES string of the molecule is O=C1CCN(Cc2ccccc2)C[C@@]12[C@H](c1ccccc1)[C@@H](c1ccccc1)N[C@]21C(=O)Nc2ccccc21.O=C1Nc2ccccc2[C@]12N[C@@H](c1ccccc1)[C@H](c1ccccc1)[C@]21CN(Cc2ccccc2)CCC1=O. The van der Waals surface area contributed by atoms with Crippen LogP contribution in [0.4, 0.5) is 11.4 Å². The van der Waals surface area contributed by atoms with Crippen molar-refractivity contribution in [1.29, 1.82) is 0 Å². The number of rotatable bonds is 8. The van der Waals surface area contributed by atoms with Crippen LogP contribution in [0.2, 0.25) is 0 Å². The van der Waals surface area contributed by atoms with Gasteiger partial charge < -0.3 is 10.6 Å². The maximum atomic E-state index is 14.6. The number of Topliss-reactive ketones (excluding diaryl/α,β-unsaturated/α-hetero) is 2. The van der Waals surface area contributed by atoms with Crippen molar-refractivity contribution in [1.82, 2.24) is 20.4 Å². The maximum Gasteiger partial charge on any atom is 0.250 e. The van der Waals surface area contributed by atoms with Crippen LogP contribution in [-0.2, 0) is 43.3 Å². The molecule has 4 saturated heterocycles. The van der Waals surface area contributed by atoms with Gasteiger partial charge in [-0.05, 0) is 45.5 Å². The smallest absolute Gasteiger partial charge is 0.250 e. The number of para-hydroxylation sites is 2. The first kappa shape index (κ1) is 49.5. The summed E-state index contributed by atoms with van der Waals surface area (Å²) < 4.78 is 0. The third-order valence-corrected chi connectivity index (χ3v) is 18.0. The molecule has 4 spiro atoms. The average molecular weight is 1030 g/mol. The van der Waals surface area contributed by atoms with E-state index in [4.69, 9.17) is 0 Å². The lowest BCUT2D eigenvalue weighted by Crippen LogP contribution is -2.64. The lowest BCUT2D eigenvalue weighted by Gasteiger charge is -2.49. The molecule has 6 heterocycles.